The molecule has 170 valence electrons. The molecular formula is C27H29IN4O. The third-order valence-corrected chi connectivity index (χ3v) is 7.49. The zero-order valence-electron chi connectivity index (χ0n) is 18.9. The normalized spacial score (nSPS) is 11.8. The van der Waals surface area contributed by atoms with Gasteiger partial charge in [0.1, 0.15) is 12.4 Å². The van der Waals surface area contributed by atoms with Gasteiger partial charge in [-0.1, -0.05) is 61.5 Å². The van der Waals surface area contributed by atoms with Crippen molar-refractivity contribution >= 4 is 41.0 Å². The van der Waals surface area contributed by atoms with Gasteiger partial charge in [0.2, 0.25) is 0 Å². The van der Waals surface area contributed by atoms with Gasteiger partial charge < -0.3 is 10.1 Å². The van der Waals surface area contributed by atoms with E-state index in [1.54, 1.807) is 0 Å². The number of aromatic nitrogens is 1. The summed E-state index contributed by atoms with van der Waals surface area (Å²) in [6.45, 7) is 3.42. The van der Waals surface area contributed by atoms with Crippen molar-refractivity contribution in [1.29, 1.82) is 0 Å². The number of halogens is 1. The maximum Gasteiger partial charge on any atom is 0.130 e. The van der Waals surface area contributed by atoms with E-state index in [0.717, 1.165) is 34.6 Å². The Morgan fingerprint density at radius 1 is 0.939 bits per heavy atom. The molecule has 0 aliphatic rings. The standard InChI is InChI=1S/C27H29IN4O/c1-3-28-27(32-29-2)25-13-6-4-10-21(25)18-30-22-11-8-12-24(17-22)33-19-23-16-15-20-9-5-7-14-26(20)31-23/h4-17,29-30,32H,3,18-19H2,1-2H3. The van der Waals surface area contributed by atoms with Crippen LogP contribution in [-0.4, -0.2) is 20.1 Å². The Bertz CT molecular complexity index is 1240. The predicted molar refractivity (Wildman–Crippen MR) is 147 cm³/mol. The predicted octanol–water partition coefficient (Wildman–Crippen LogP) is 5.62. The van der Waals surface area contributed by atoms with Crippen LogP contribution in [0.15, 0.2) is 84.9 Å². The van der Waals surface area contributed by atoms with Crippen LogP contribution in [0.4, 0.5) is 5.69 Å². The van der Waals surface area contributed by atoms with E-state index in [2.05, 4.69) is 65.6 Å². The second kappa shape index (κ2) is 11.9. The van der Waals surface area contributed by atoms with Crippen LogP contribution >= 0.6 is 20.7 Å². The summed E-state index contributed by atoms with van der Waals surface area (Å²) < 4.78 is 8.55. The highest BCUT2D eigenvalue weighted by molar-refractivity contribution is 14.2. The Labute approximate surface area is 205 Å². The number of hydrogen-bond acceptors (Lipinski definition) is 5. The molecule has 0 fully saturated rings. The largest absolute Gasteiger partial charge is 0.487 e. The fourth-order valence-corrected chi connectivity index (χ4v) is 5.70. The van der Waals surface area contributed by atoms with E-state index < -0.39 is 0 Å². The zero-order valence-corrected chi connectivity index (χ0v) is 21.1. The van der Waals surface area contributed by atoms with Crippen LogP contribution in [0.2, 0.25) is 0 Å². The molecule has 0 spiro atoms. The number of benzene rings is 3. The summed E-state index contributed by atoms with van der Waals surface area (Å²) in [5, 5.41) is 4.70. The van der Waals surface area contributed by atoms with Crippen molar-refractivity contribution in [1.82, 2.24) is 15.8 Å². The summed E-state index contributed by atoms with van der Waals surface area (Å²) in [6, 6.07) is 28.9. The molecule has 0 amide bonds. The minimum Gasteiger partial charge on any atom is -0.487 e. The summed E-state index contributed by atoms with van der Waals surface area (Å²) in [7, 11) is 1.92. The molecule has 0 aliphatic heterocycles. The van der Waals surface area contributed by atoms with Crippen molar-refractivity contribution in [3.63, 3.8) is 0 Å². The van der Waals surface area contributed by atoms with Gasteiger partial charge >= 0.3 is 0 Å². The van der Waals surface area contributed by atoms with Crippen molar-refractivity contribution < 1.29 is 4.74 Å². The summed E-state index contributed by atoms with van der Waals surface area (Å²) in [4.78, 5) is 4.69. The first-order chi connectivity index (χ1) is 16.3. The second-order valence-corrected chi connectivity index (χ2v) is 10.8. The van der Waals surface area contributed by atoms with Gasteiger partial charge in [0.25, 0.3) is 0 Å². The van der Waals surface area contributed by atoms with E-state index in [9.17, 15) is 0 Å². The highest BCUT2D eigenvalue weighted by Gasteiger charge is 2.08. The molecule has 33 heavy (non-hydrogen) atoms. The number of hydrazine groups is 1. The molecule has 0 aliphatic carbocycles. The molecule has 0 bridgehead atoms. The highest BCUT2D eigenvalue weighted by Crippen LogP contribution is 2.21. The highest BCUT2D eigenvalue weighted by atomic mass is 127. The molecule has 0 saturated heterocycles. The summed E-state index contributed by atoms with van der Waals surface area (Å²) in [6.07, 6.45) is 0. The lowest BCUT2D eigenvalue weighted by Gasteiger charge is -2.15. The number of pyridine rings is 1. The van der Waals surface area contributed by atoms with Crippen molar-refractivity contribution in [2.24, 2.45) is 0 Å². The van der Waals surface area contributed by atoms with Crippen LogP contribution in [0, 0.1) is 0 Å². The van der Waals surface area contributed by atoms with Crippen LogP contribution in [0.5, 0.6) is 5.75 Å². The Hall–Kier alpha value is -2.81. The first-order valence-electron chi connectivity index (χ1n) is 11.1. The lowest BCUT2D eigenvalue weighted by atomic mass is 10.1. The van der Waals surface area contributed by atoms with E-state index >= 15 is 0 Å². The number of nitrogens with zero attached hydrogens (tertiary/aromatic N) is 1. The van der Waals surface area contributed by atoms with Gasteiger partial charge in [0.15, 0.2) is 0 Å². The molecule has 4 aromatic rings. The number of alkyl halides is 1. The molecule has 4 rings (SSSR count). The Morgan fingerprint density at radius 2 is 1.79 bits per heavy atom. The molecule has 0 saturated carbocycles. The quantitative estimate of drug-likeness (QED) is 0.136. The first kappa shape index (κ1) is 23.4. The summed E-state index contributed by atoms with van der Waals surface area (Å²) >= 11 is -0.0616. The number of nitrogens with one attached hydrogen (secondary N) is 3. The van der Waals surface area contributed by atoms with E-state index in [0.29, 0.717) is 6.61 Å². The second-order valence-electron chi connectivity index (χ2n) is 7.41. The number of ether oxygens (including phenoxy) is 1. The van der Waals surface area contributed by atoms with Gasteiger partial charge in [0, 0.05) is 29.2 Å². The van der Waals surface area contributed by atoms with Crippen molar-refractivity contribution in [2.45, 2.75) is 20.1 Å². The maximum absolute atomic E-state index is 6.04. The Morgan fingerprint density at radius 3 is 2.67 bits per heavy atom. The monoisotopic (exact) mass is 552 g/mol. The SMILES string of the molecule is CCI=C(NNC)c1ccccc1CNc1cccc(OCc2ccc3ccccc3n2)c1. The molecule has 6 heteroatoms. The molecule has 3 N–H and O–H groups in total. The Kier molecular flexibility index (Phi) is 8.41. The van der Waals surface area contributed by atoms with Crippen molar-refractivity contribution in [3.8, 4) is 5.75 Å². The fourth-order valence-electron chi connectivity index (χ4n) is 3.54. The maximum atomic E-state index is 6.04. The number of fused-ring (bicyclic) bond motifs is 1. The van der Waals surface area contributed by atoms with Crippen LogP contribution in [0.3, 0.4) is 0 Å². The van der Waals surface area contributed by atoms with Crippen molar-refractivity contribution in [3.05, 3.63) is 102 Å². The molecule has 1 heterocycles. The van der Waals surface area contributed by atoms with E-state index in [-0.39, 0.29) is 20.7 Å². The molecule has 0 radical (unpaired) electrons. The van der Waals surface area contributed by atoms with Crippen LogP contribution in [0.25, 0.3) is 10.9 Å². The molecule has 0 unspecified atom stereocenters. The molecule has 1 aromatic heterocycles. The minimum absolute atomic E-state index is 0.0616. The topological polar surface area (TPSA) is 58.2 Å². The zero-order chi connectivity index (χ0) is 22.9. The van der Waals surface area contributed by atoms with E-state index in [1.165, 1.54) is 19.2 Å². The molecular weight excluding hydrogens is 523 g/mol. The molecule has 5 nitrogen and oxygen atoms in total. The molecule has 0 atom stereocenters. The van der Waals surface area contributed by atoms with Gasteiger partial charge in [-0.15, -0.1) is 20.7 Å². The van der Waals surface area contributed by atoms with Gasteiger partial charge in [-0.2, -0.15) is 0 Å². The summed E-state index contributed by atoms with van der Waals surface area (Å²) in [5.74, 6) is 0.823. The number of hydrogen-bond donors (Lipinski definition) is 3. The van der Waals surface area contributed by atoms with Crippen LogP contribution in [0.1, 0.15) is 23.7 Å². The van der Waals surface area contributed by atoms with Gasteiger partial charge in [-0.25, -0.2) is 10.4 Å². The lowest BCUT2D eigenvalue weighted by molar-refractivity contribution is 0.302. The fraction of sp³-hybridized carbons (Fsp3) is 0.185. The minimum atomic E-state index is -0.0616. The van der Waals surface area contributed by atoms with Gasteiger partial charge in [0.05, 0.1) is 14.8 Å². The van der Waals surface area contributed by atoms with Crippen LogP contribution < -0.4 is 20.9 Å². The van der Waals surface area contributed by atoms with Crippen molar-refractivity contribution in [2.75, 3.05) is 16.8 Å². The number of anilines is 1. The molecule has 3 aromatic carbocycles. The van der Waals surface area contributed by atoms with E-state index in [4.69, 9.17) is 9.72 Å². The Balaban J connectivity index is 1.42. The van der Waals surface area contributed by atoms with Gasteiger partial charge in [-0.3, -0.25) is 5.43 Å². The van der Waals surface area contributed by atoms with E-state index in [1.807, 2.05) is 49.5 Å². The average molecular weight is 552 g/mol. The average Bonchev–Trinajstić information content (AvgIpc) is 2.86. The smallest absolute Gasteiger partial charge is 0.130 e. The first-order valence-corrected chi connectivity index (χ1v) is 13.7. The summed E-state index contributed by atoms with van der Waals surface area (Å²) in [5.41, 5.74) is 11.9. The van der Waals surface area contributed by atoms with Gasteiger partial charge in [-0.05, 0) is 41.3 Å². The lowest BCUT2D eigenvalue weighted by Crippen LogP contribution is -2.34. The van der Waals surface area contributed by atoms with Crippen LogP contribution in [-0.2, 0) is 13.2 Å². The number of para-hydroxylation sites is 1. The third kappa shape index (κ3) is 6.37. The third-order valence-electron chi connectivity index (χ3n) is 5.12. The number of rotatable bonds is 10.